The van der Waals surface area contributed by atoms with E-state index in [0.29, 0.717) is 44.6 Å². The number of hydrogen-bond donors (Lipinski definition) is 3. The van der Waals surface area contributed by atoms with Gasteiger partial charge in [-0.3, -0.25) is 9.59 Å². The lowest BCUT2D eigenvalue weighted by atomic mass is 9.98. The molecular formula is C33H44N2O8. The van der Waals surface area contributed by atoms with Gasteiger partial charge in [-0.25, -0.2) is 0 Å². The average Bonchev–Trinajstić information content (AvgIpc) is 3.48. The highest BCUT2D eigenvalue weighted by molar-refractivity contribution is 5.90. The summed E-state index contributed by atoms with van der Waals surface area (Å²) >= 11 is 0. The number of piperidine rings is 1. The van der Waals surface area contributed by atoms with Crippen LogP contribution < -0.4 is 5.32 Å². The lowest BCUT2D eigenvalue weighted by molar-refractivity contribution is -0.255. The Morgan fingerprint density at radius 1 is 0.907 bits per heavy atom. The van der Waals surface area contributed by atoms with Gasteiger partial charge in [0, 0.05) is 63.0 Å². The minimum atomic E-state index is -0.783. The summed E-state index contributed by atoms with van der Waals surface area (Å²) in [5.74, 6) is -1.27. The molecule has 0 aliphatic carbocycles. The number of likely N-dealkylation sites (tertiary alicyclic amines) is 1. The first-order valence-corrected chi connectivity index (χ1v) is 15.5. The number of aliphatic hydroxyl groups excluding tert-OH is 1. The Labute approximate surface area is 253 Å². The van der Waals surface area contributed by atoms with Crippen molar-refractivity contribution in [3.63, 3.8) is 0 Å². The van der Waals surface area contributed by atoms with Crippen LogP contribution in [0.2, 0.25) is 0 Å². The fourth-order valence-electron chi connectivity index (χ4n) is 6.08. The maximum Gasteiger partial charge on any atom is 0.303 e. The minimum absolute atomic E-state index is 0.00667. The smallest absolute Gasteiger partial charge is 0.303 e. The Morgan fingerprint density at radius 3 is 2.33 bits per heavy atom. The highest BCUT2D eigenvalue weighted by Crippen LogP contribution is 2.39. The lowest BCUT2D eigenvalue weighted by Crippen LogP contribution is -2.48. The van der Waals surface area contributed by atoms with Crippen LogP contribution in [-0.2, 0) is 35.1 Å². The first-order valence-electron chi connectivity index (χ1n) is 15.5. The number of aliphatic hydroxyl groups is 1. The maximum atomic E-state index is 12.6. The van der Waals surface area contributed by atoms with Gasteiger partial charge in [-0.15, -0.1) is 0 Å². The summed E-state index contributed by atoms with van der Waals surface area (Å²) in [6.45, 7) is 3.84. The van der Waals surface area contributed by atoms with E-state index < -0.39 is 18.0 Å². The van der Waals surface area contributed by atoms with Crippen LogP contribution in [0.15, 0.2) is 48.5 Å². The molecule has 0 saturated carbocycles. The number of carboxylic acids is 1. The SMILES string of the molecule is O=C(O)CCCCCCC(=O)Nc1cccc(C2OC(CN3CCC4(CC3)OCCO4)CC(c3ccc(CO)cc3)O2)c1. The molecule has 10 nitrogen and oxygen atoms in total. The zero-order valence-corrected chi connectivity index (χ0v) is 24.7. The second kappa shape index (κ2) is 15.2. The van der Waals surface area contributed by atoms with E-state index in [1.165, 1.54) is 0 Å². The summed E-state index contributed by atoms with van der Waals surface area (Å²) in [5.41, 5.74) is 3.41. The fourth-order valence-corrected chi connectivity index (χ4v) is 6.08. The van der Waals surface area contributed by atoms with Crippen LogP contribution >= 0.6 is 0 Å². The topological polar surface area (TPSA) is 127 Å². The molecule has 3 N–H and O–H groups in total. The van der Waals surface area contributed by atoms with Crippen LogP contribution in [-0.4, -0.2) is 71.7 Å². The van der Waals surface area contributed by atoms with E-state index in [1.807, 2.05) is 48.5 Å². The molecule has 3 aliphatic heterocycles. The number of amides is 1. The van der Waals surface area contributed by atoms with Crippen LogP contribution in [0.5, 0.6) is 0 Å². The molecule has 1 spiro atoms. The van der Waals surface area contributed by atoms with Crippen molar-refractivity contribution < 1.29 is 38.7 Å². The molecule has 2 aromatic rings. The van der Waals surface area contributed by atoms with Crippen molar-refractivity contribution >= 4 is 17.6 Å². The number of rotatable bonds is 13. The molecule has 3 heterocycles. The van der Waals surface area contributed by atoms with Gasteiger partial charge in [-0.05, 0) is 36.1 Å². The van der Waals surface area contributed by atoms with Gasteiger partial charge in [-0.1, -0.05) is 49.2 Å². The second-order valence-electron chi connectivity index (χ2n) is 11.7. The molecule has 3 atom stereocenters. The molecular weight excluding hydrogens is 552 g/mol. The molecule has 3 saturated heterocycles. The highest BCUT2D eigenvalue weighted by atomic mass is 16.7. The third-order valence-electron chi connectivity index (χ3n) is 8.50. The predicted octanol–water partition coefficient (Wildman–Crippen LogP) is 4.93. The molecule has 43 heavy (non-hydrogen) atoms. The summed E-state index contributed by atoms with van der Waals surface area (Å²) in [6.07, 6.45) is 5.05. The molecule has 0 radical (unpaired) electrons. The normalized spacial score (nSPS) is 23.8. The zero-order valence-electron chi connectivity index (χ0n) is 24.7. The van der Waals surface area contributed by atoms with Crippen molar-refractivity contribution in [1.29, 1.82) is 0 Å². The number of aliphatic carboxylic acids is 1. The first kappa shape index (κ1) is 31.6. The maximum absolute atomic E-state index is 12.6. The van der Waals surface area contributed by atoms with E-state index in [1.54, 1.807) is 0 Å². The second-order valence-corrected chi connectivity index (χ2v) is 11.7. The molecule has 1 amide bonds. The van der Waals surface area contributed by atoms with E-state index in [4.69, 9.17) is 24.1 Å². The van der Waals surface area contributed by atoms with Crippen LogP contribution in [0.1, 0.15) is 86.9 Å². The van der Waals surface area contributed by atoms with Crippen molar-refractivity contribution in [3.05, 3.63) is 65.2 Å². The van der Waals surface area contributed by atoms with E-state index in [9.17, 15) is 14.7 Å². The van der Waals surface area contributed by atoms with Gasteiger partial charge in [0.05, 0.1) is 32.0 Å². The summed E-state index contributed by atoms with van der Waals surface area (Å²) in [6, 6.07) is 15.5. The van der Waals surface area contributed by atoms with Crippen molar-refractivity contribution in [2.75, 3.05) is 38.2 Å². The van der Waals surface area contributed by atoms with E-state index in [0.717, 1.165) is 62.0 Å². The van der Waals surface area contributed by atoms with Crippen molar-refractivity contribution in [1.82, 2.24) is 4.90 Å². The van der Waals surface area contributed by atoms with Gasteiger partial charge in [0.1, 0.15) is 0 Å². The van der Waals surface area contributed by atoms with E-state index in [-0.39, 0.29) is 31.1 Å². The highest BCUT2D eigenvalue weighted by Gasteiger charge is 2.41. The van der Waals surface area contributed by atoms with E-state index >= 15 is 0 Å². The Morgan fingerprint density at radius 2 is 1.63 bits per heavy atom. The summed E-state index contributed by atoms with van der Waals surface area (Å²) in [7, 11) is 0. The van der Waals surface area contributed by atoms with Crippen LogP contribution in [0, 0.1) is 0 Å². The predicted molar refractivity (Wildman–Crippen MR) is 159 cm³/mol. The molecule has 10 heteroatoms. The number of carboxylic acid groups (broad SMARTS) is 1. The Hall–Kier alpha value is -2.86. The number of nitrogens with zero attached hydrogens (tertiary/aromatic N) is 1. The van der Waals surface area contributed by atoms with Crippen molar-refractivity contribution in [2.24, 2.45) is 0 Å². The number of carbonyl (C=O) groups excluding carboxylic acids is 1. The summed E-state index contributed by atoms with van der Waals surface area (Å²) in [4.78, 5) is 25.6. The van der Waals surface area contributed by atoms with Crippen molar-refractivity contribution in [2.45, 2.75) is 88.7 Å². The lowest BCUT2D eigenvalue weighted by Gasteiger charge is -2.41. The molecule has 0 aromatic heterocycles. The number of nitrogens with one attached hydrogen (secondary N) is 1. The van der Waals surface area contributed by atoms with Crippen LogP contribution in [0.4, 0.5) is 5.69 Å². The standard InChI is InChI=1S/C33H44N2O8/c36-23-24-10-12-25(13-11-24)29-21-28(22-35-16-14-33(15-17-35)40-18-19-41-33)42-32(43-29)26-6-5-7-27(20-26)34-30(37)8-3-1-2-4-9-31(38)39/h5-7,10-13,20,28-29,32,36H,1-4,8-9,14-19,21-23H2,(H,34,37)(H,38,39). The molecule has 5 rings (SSSR count). The van der Waals surface area contributed by atoms with Crippen LogP contribution in [0.3, 0.4) is 0 Å². The molecule has 0 bridgehead atoms. The van der Waals surface area contributed by atoms with Gasteiger partial charge in [-0.2, -0.15) is 0 Å². The van der Waals surface area contributed by atoms with E-state index in [2.05, 4.69) is 10.2 Å². The zero-order chi connectivity index (χ0) is 30.1. The monoisotopic (exact) mass is 596 g/mol. The minimum Gasteiger partial charge on any atom is -0.481 e. The average molecular weight is 597 g/mol. The Balaban J connectivity index is 1.21. The summed E-state index contributed by atoms with van der Waals surface area (Å²) < 4.78 is 24.9. The molecule has 3 aliphatic rings. The molecule has 234 valence electrons. The van der Waals surface area contributed by atoms with Gasteiger partial charge < -0.3 is 39.4 Å². The summed E-state index contributed by atoms with van der Waals surface area (Å²) in [5, 5.41) is 21.2. The quantitative estimate of drug-likeness (QED) is 0.276. The molecule has 2 aromatic carbocycles. The molecule has 3 fully saturated rings. The van der Waals surface area contributed by atoms with Gasteiger partial charge in [0.25, 0.3) is 0 Å². The number of ether oxygens (including phenoxy) is 4. The van der Waals surface area contributed by atoms with Crippen LogP contribution in [0.25, 0.3) is 0 Å². The van der Waals surface area contributed by atoms with Gasteiger partial charge in [0.2, 0.25) is 5.91 Å². The Kier molecular flexibility index (Phi) is 11.2. The number of benzene rings is 2. The molecule has 3 unspecified atom stereocenters. The van der Waals surface area contributed by atoms with Crippen molar-refractivity contribution in [3.8, 4) is 0 Å². The fraction of sp³-hybridized carbons (Fsp3) is 0.576. The third kappa shape index (κ3) is 9.07. The number of unbranched alkanes of at least 4 members (excludes halogenated alkanes) is 3. The number of hydrogen-bond acceptors (Lipinski definition) is 8. The Bertz CT molecular complexity index is 1190. The largest absolute Gasteiger partial charge is 0.481 e. The van der Waals surface area contributed by atoms with Gasteiger partial charge >= 0.3 is 5.97 Å². The van der Waals surface area contributed by atoms with Gasteiger partial charge in [0.15, 0.2) is 12.1 Å². The first-order chi connectivity index (χ1) is 20.9. The third-order valence-corrected chi connectivity index (χ3v) is 8.50. The number of anilines is 1. The number of carbonyl (C=O) groups is 2.